The number of amides is 1. The zero-order chi connectivity index (χ0) is 18.9. The number of nitrogens with one attached hydrogen (secondary N) is 3. The number of guanidine groups is 1. The van der Waals surface area contributed by atoms with E-state index in [0.29, 0.717) is 12.5 Å². The topological polar surface area (TPSA) is 74.8 Å². The quantitative estimate of drug-likeness (QED) is 0.172. The number of carbonyl (C=O) groups is 1. The molecule has 0 saturated carbocycles. The molecular formula is C20H35IN4O2. The summed E-state index contributed by atoms with van der Waals surface area (Å²) >= 11 is 0. The van der Waals surface area contributed by atoms with Crippen LogP contribution in [0.25, 0.3) is 0 Å². The molecule has 0 radical (unpaired) electrons. The van der Waals surface area contributed by atoms with Gasteiger partial charge in [0.25, 0.3) is 0 Å². The maximum Gasteiger partial charge on any atom is 0.241 e. The van der Waals surface area contributed by atoms with Gasteiger partial charge in [-0.1, -0.05) is 43.7 Å². The molecule has 1 rings (SSSR count). The SMILES string of the molecule is CCCCOCCCNC(=NCC(=O)NCCc1ccccc1)NCC.I. The van der Waals surface area contributed by atoms with E-state index in [1.807, 2.05) is 25.1 Å². The largest absolute Gasteiger partial charge is 0.381 e. The molecule has 7 heteroatoms. The van der Waals surface area contributed by atoms with Crippen LogP contribution in [0.4, 0.5) is 0 Å². The highest BCUT2D eigenvalue weighted by Crippen LogP contribution is 1.98. The molecule has 0 aliphatic heterocycles. The van der Waals surface area contributed by atoms with Crippen LogP contribution in [0.2, 0.25) is 0 Å². The summed E-state index contributed by atoms with van der Waals surface area (Å²) < 4.78 is 5.53. The van der Waals surface area contributed by atoms with E-state index >= 15 is 0 Å². The molecule has 3 N–H and O–H groups in total. The molecule has 0 bridgehead atoms. The second kappa shape index (κ2) is 18.0. The fraction of sp³-hybridized carbons (Fsp3) is 0.600. The first-order valence-electron chi connectivity index (χ1n) is 9.66. The minimum absolute atomic E-state index is 0. The van der Waals surface area contributed by atoms with E-state index in [2.05, 4.69) is 40.0 Å². The fourth-order valence-electron chi connectivity index (χ4n) is 2.27. The highest BCUT2D eigenvalue weighted by Gasteiger charge is 2.02. The van der Waals surface area contributed by atoms with Crippen LogP contribution in [-0.2, 0) is 16.0 Å². The molecule has 0 aliphatic rings. The van der Waals surface area contributed by atoms with E-state index in [9.17, 15) is 4.79 Å². The second-order valence-corrected chi connectivity index (χ2v) is 6.03. The highest BCUT2D eigenvalue weighted by molar-refractivity contribution is 14.0. The van der Waals surface area contributed by atoms with Crippen LogP contribution in [0, 0.1) is 0 Å². The molecule has 0 heterocycles. The third kappa shape index (κ3) is 14.4. The molecule has 0 aliphatic carbocycles. The van der Waals surface area contributed by atoms with Gasteiger partial charge in [0.05, 0.1) is 0 Å². The van der Waals surface area contributed by atoms with Crippen LogP contribution in [0.1, 0.15) is 38.7 Å². The Bertz CT molecular complexity index is 512. The number of hydrogen-bond donors (Lipinski definition) is 3. The highest BCUT2D eigenvalue weighted by atomic mass is 127. The minimum Gasteiger partial charge on any atom is -0.381 e. The Morgan fingerprint density at radius 3 is 2.44 bits per heavy atom. The van der Waals surface area contributed by atoms with Gasteiger partial charge in [-0.3, -0.25) is 4.79 Å². The Balaban J connectivity index is 0.00000676. The minimum atomic E-state index is -0.0685. The average molecular weight is 490 g/mol. The van der Waals surface area contributed by atoms with Gasteiger partial charge in [0, 0.05) is 32.8 Å². The molecule has 0 saturated heterocycles. The van der Waals surface area contributed by atoms with Gasteiger partial charge in [0.15, 0.2) is 5.96 Å². The smallest absolute Gasteiger partial charge is 0.241 e. The first-order valence-corrected chi connectivity index (χ1v) is 9.66. The zero-order valence-corrected chi connectivity index (χ0v) is 19.0. The standard InChI is InChI=1S/C20H34N4O2.HI/c1-3-5-15-26-16-9-13-23-20(21-4-2)24-17-19(25)22-14-12-18-10-7-6-8-11-18;/h6-8,10-11H,3-5,9,12-17H2,1-2H3,(H,22,25)(H2,21,23,24);1H. The van der Waals surface area contributed by atoms with Crippen molar-refractivity contribution in [2.24, 2.45) is 4.99 Å². The Labute approximate surface area is 181 Å². The van der Waals surface area contributed by atoms with Gasteiger partial charge in [0.2, 0.25) is 5.91 Å². The summed E-state index contributed by atoms with van der Waals surface area (Å²) in [5, 5.41) is 9.28. The summed E-state index contributed by atoms with van der Waals surface area (Å²) in [6.07, 6.45) is 4.00. The molecule has 27 heavy (non-hydrogen) atoms. The van der Waals surface area contributed by atoms with Gasteiger partial charge < -0.3 is 20.7 Å². The first kappa shape index (κ1) is 25.6. The number of halogens is 1. The summed E-state index contributed by atoms with van der Waals surface area (Å²) in [7, 11) is 0. The maximum absolute atomic E-state index is 11.9. The Hall–Kier alpha value is -1.35. The van der Waals surface area contributed by atoms with E-state index in [4.69, 9.17) is 4.74 Å². The molecule has 0 unspecified atom stereocenters. The van der Waals surface area contributed by atoms with Crippen molar-refractivity contribution in [3.63, 3.8) is 0 Å². The second-order valence-electron chi connectivity index (χ2n) is 6.03. The number of ether oxygens (including phenoxy) is 1. The third-order valence-corrected chi connectivity index (χ3v) is 3.70. The molecule has 0 spiro atoms. The van der Waals surface area contributed by atoms with Crippen LogP contribution in [0.15, 0.2) is 35.3 Å². The van der Waals surface area contributed by atoms with Crippen molar-refractivity contribution in [2.75, 3.05) is 39.4 Å². The number of aliphatic imine (C=N–C) groups is 1. The lowest BCUT2D eigenvalue weighted by molar-refractivity contribution is -0.119. The maximum atomic E-state index is 11.9. The number of hydrogen-bond acceptors (Lipinski definition) is 3. The number of unbranched alkanes of at least 4 members (excludes halogenated alkanes) is 1. The van der Waals surface area contributed by atoms with Gasteiger partial charge in [-0.2, -0.15) is 0 Å². The molecule has 1 aromatic rings. The van der Waals surface area contributed by atoms with E-state index in [1.54, 1.807) is 0 Å². The molecule has 1 aromatic carbocycles. The summed E-state index contributed by atoms with van der Waals surface area (Å²) in [5.41, 5.74) is 1.22. The van der Waals surface area contributed by atoms with E-state index < -0.39 is 0 Å². The van der Waals surface area contributed by atoms with Crippen molar-refractivity contribution in [3.05, 3.63) is 35.9 Å². The summed E-state index contributed by atoms with van der Waals surface area (Å²) in [4.78, 5) is 16.3. The van der Waals surface area contributed by atoms with Crippen molar-refractivity contribution >= 4 is 35.8 Å². The predicted octanol–water partition coefficient (Wildman–Crippen LogP) is 2.73. The van der Waals surface area contributed by atoms with Crippen LogP contribution >= 0.6 is 24.0 Å². The fourth-order valence-corrected chi connectivity index (χ4v) is 2.27. The molecule has 154 valence electrons. The van der Waals surface area contributed by atoms with E-state index in [1.165, 1.54) is 5.56 Å². The third-order valence-electron chi connectivity index (χ3n) is 3.70. The van der Waals surface area contributed by atoms with Gasteiger partial charge in [-0.05, 0) is 31.7 Å². The van der Waals surface area contributed by atoms with Crippen molar-refractivity contribution in [2.45, 2.75) is 39.5 Å². The van der Waals surface area contributed by atoms with Crippen LogP contribution < -0.4 is 16.0 Å². The van der Waals surface area contributed by atoms with E-state index in [0.717, 1.165) is 52.0 Å². The lowest BCUT2D eigenvalue weighted by Gasteiger charge is -2.11. The normalized spacial score (nSPS) is 10.8. The van der Waals surface area contributed by atoms with Crippen molar-refractivity contribution in [3.8, 4) is 0 Å². The number of rotatable bonds is 13. The monoisotopic (exact) mass is 490 g/mol. The lowest BCUT2D eigenvalue weighted by Crippen LogP contribution is -2.39. The number of carbonyl (C=O) groups excluding carboxylic acids is 1. The lowest BCUT2D eigenvalue weighted by atomic mass is 10.1. The summed E-state index contributed by atoms with van der Waals surface area (Å²) in [6.45, 7) is 8.00. The number of benzene rings is 1. The van der Waals surface area contributed by atoms with Gasteiger partial charge in [-0.15, -0.1) is 24.0 Å². The van der Waals surface area contributed by atoms with Gasteiger partial charge in [0.1, 0.15) is 6.54 Å². The summed E-state index contributed by atoms with van der Waals surface area (Å²) in [5.74, 6) is 0.598. The Morgan fingerprint density at radius 1 is 1.00 bits per heavy atom. The summed E-state index contributed by atoms with van der Waals surface area (Å²) in [6, 6.07) is 10.1. The molecular weight excluding hydrogens is 455 g/mol. The van der Waals surface area contributed by atoms with Crippen LogP contribution in [0.5, 0.6) is 0 Å². The van der Waals surface area contributed by atoms with Crippen molar-refractivity contribution in [1.29, 1.82) is 0 Å². The molecule has 0 fully saturated rings. The van der Waals surface area contributed by atoms with Crippen LogP contribution in [-0.4, -0.2) is 51.3 Å². The Kier molecular flexibility index (Phi) is 17.1. The molecule has 1 amide bonds. The van der Waals surface area contributed by atoms with Crippen LogP contribution in [0.3, 0.4) is 0 Å². The number of nitrogens with zero attached hydrogens (tertiary/aromatic N) is 1. The molecule has 6 nitrogen and oxygen atoms in total. The molecule has 0 atom stereocenters. The Morgan fingerprint density at radius 2 is 1.74 bits per heavy atom. The van der Waals surface area contributed by atoms with Gasteiger partial charge >= 0.3 is 0 Å². The van der Waals surface area contributed by atoms with Gasteiger partial charge in [-0.25, -0.2) is 4.99 Å². The predicted molar refractivity (Wildman–Crippen MR) is 123 cm³/mol. The zero-order valence-electron chi connectivity index (χ0n) is 16.6. The van der Waals surface area contributed by atoms with E-state index in [-0.39, 0.29) is 36.4 Å². The van der Waals surface area contributed by atoms with Crippen molar-refractivity contribution < 1.29 is 9.53 Å². The average Bonchev–Trinajstić information content (AvgIpc) is 2.66. The van der Waals surface area contributed by atoms with Crippen molar-refractivity contribution in [1.82, 2.24) is 16.0 Å². The molecule has 0 aromatic heterocycles. The first-order chi connectivity index (χ1) is 12.8.